The molecule has 0 atom stereocenters. The fourth-order valence-electron chi connectivity index (χ4n) is 3.60. The first-order chi connectivity index (χ1) is 12.6. The molecule has 2 N–H and O–H groups in total. The fourth-order valence-corrected chi connectivity index (χ4v) is 3.60. The van der Waals surface area contributed by atoms with Crippen molar-refractivity contribution < 1.29 is 4.79 Å². The van der Waals surface area contributed by atoms with E-state index in [-0.39, 0.29) is 17.9 Å². The first kappa shape index (κ1) is 18.3. The Balaban J connectivity index is 1.55. The summed E-state index contributed by atoms with van der Waals surface area (Å²) in [7, 11) is 0. The summed E-state index contributed by atoms with van der Waals surface area (Å²) in [4.78, 5) is 35.8. The van der Waals surface area contributed by atoms with Crippen LogP contribution < -0.4 is 10.9 Å². The molecule has 0 bridgehead atoms. The topological polar surface area (TPSA) is 87.7 Å². The number of nitrogens with zero attached hydrogens (tertiary/aromatic N) is 2. The summed E-state index contributed by atoms with van der Waals surface area (Å²) in [5.74, 6) is 1.18. The minimum Gasteiger partial charge on any atom is -0.356 e. The molecule has 0 unspecified atom stereocenters. The Morgan fingerprint density at radius 1 is 1.35 bits per heavy atom. The smallest absolute Gasteiger partial charge is 0.255 e. The van der Waals surface area contributed by atoms with E-state index in [0.29, 0.717) is 23.6 Å². The lowest BCUT2D eigenvalue weighted by atomic mass is 10.0. The molecule has 0 spiro atoms. The van der Waals surface area contributed by atoms with E-state index in [9.17, 15) is 9.59 Å². The van der Waals surface area contributed by atoms with Crippen LogP contribution >= 0.6 is 0 Å². The number of aromatic amines is 1. The lowest BCUT2D eigenvalue weighted by Crippen LogP contribution is -2.30. The fraction of sp³-hybridized carbons (Fsp3) is 0.500. The minimum absolute atomic E-state index is 0.0604. The number of amides is 1. The molecule has 1 amide bonds. The number of rotatable bonds is 7. The Morgan fingerprint density at radius 2 is 2.15 bits per heavy atom. The zero-order valence-electron chi connectivity index (χ0n) is 15.3. The summed E-state index contributed by atoms with van der Waals surface area (Å²) < 4.78 is 0. The van der Waals surface area contributed by atoms with Gasteiger partial charge in [-0.3, -0.25) is 14.6 Å². The molecular formula is C20H26N4O2. The average Bonchev–Trinajstić information content (AvgIpc) is 3.16. The van der Waals surface area contributed by atoms with E-state index in [0.717, 1.165) is 17.9 Å². The van der Waals surface area contributed by atoms with Gasteiger partial charge in [0.1, 0.15) is 5.82 Å². The zero-order valence-corrected chi connectivity index (χ0v) is 15.3. The van der Waals surface area contributed by atoms with Gasteiger partial charge in [-0.1, -0.05) is 25.7 Å². The SMILES string of the molecule is Cc1nc(-c2cccnc2)[nH]c(=O)c1CC(=O)NCCCC1CCCC1. The normalized spacial score (nSPS) is 14.5. The van der Waals surface area contributed by atoms with Gasteiger partial charge in [0, 0.05) is 35.8 Å². The highest BCUT2D eigenvalue weighted by molar-refractivity contribution is 5.78. The summed E-state index contributed by atoms with van der Waals surface area (Å²) in [6.45, 7) is 2.44. The van der Waals surface area contributed by atoms with Crippen LogP contribution in [0.4, 0.5) is 0 Å². The van der Waals surface area contributed by atoms with Crippen LogP contribution in [0.15, 0.2) is 29.3 Å². The molecule has 138 valence electrons. The van der Waals surface area contributed by atoms with E-state index in [4.69, 9.17) is 0 Å². The summed E-state index contributed by atoms with van der Waals surface area (Å²) in [6, 6.07) is 3.62. The monoisotopic (exact) mass is 354 g/mol. The molecule has 1 aliphatic rings. The molecule has 0 aromatic carbocycles. The summed E-state index contributed by atoms with van der Waals surface area (Å²) in [6.07, 6.45) is 10.9. The Bertz CT molecular complexity index is 795. The molecule has 1 aliphatic carbocycles. The van der Waals surface area contributed by atoms with Crippen LogP contribution in [0, 0.1) is 12.8 Å². The van der Waals surface area contributed by atoms with Gasteiger partial charge >= 0.3 is 0 Å². The van der Waals surface area contributed by atoms with Gasteiger partial charge in [-0.2, -0.15) is 0 Å². The molecule has 3 rings (SSSR count). The Morgan fingerprint density at radius 3 is 2.85 bits per heavy atom. The summed E-state index contributed by atoms with van der Waals surface area (Å²) in [5, 5.41) is 2.93. The minimum atomic E-state index is -0.266. The highest BCUT2D eigenvalue weighted by Gasteiger charge is 2.15. The van der Waals surface area contributed by atoms with E-state index in [1.807, 2.05) is 6.07 Å². The van der Waals surface area contributed by atoms with Crippen molar-refractivity contribution in [2.24, 2.45) is 5.92 Å². The second-order valence-electron chi connectivity index (χ2n) is 7.04. The van der Waals surface area contributed by atoms with Crippen LogP contribution in [-0.2, 0) is 11.2 Å². The van der Waals surface area contributed by atoms with E-state index >= 15 is 0 Å². The van der Waals surface area contributed by atoms with E-state index < -0.39 is 0 Å². The van der Waals surface area contributed by atoms with Crippen molar-refractivity contribution in [1.29, 1.82) is 0 Å². The maximum absolute atomic E-state index is 12.4. The van der Waals surface area contributed by atoms with Crippen LogP contribution in [0.5, 0.6) is 0 Å². The molecule has 6 nitrogen and oxygen atoms in total. The lowest BCUT2D eigenvalue weighted by Gasteiger charge is -2.10. The predicted molar refractivity (Wildman–Crippen MR) is 101 cm³/mol. The van der Waals surface area contributed by atoms with Gasteiger partial charge in [-0.25, -0.2) is 4.98 Å². The van der Waals surface area contributed by atoms with Crippen LogP contribution in [0.25, 0.3) is 11.4 Å². The second-order valence-corrected chi connectivity index (χ2v) is 7.04. The van der Waals surface area contributed by atoms with Gasteiger partial charge in [0.25, 0.3) is 5.56 Å². The van der Waals surface area contributed by atoms with E-state index in [1.165, 1.54) is 32.1 Å². The van der Waals surface area contributed by atoms with Gasteiger partial charge < -0.3 is 10.3 Å². The van der Waals surface area contributed by atoms with Gasteiger partial charge in [-0.15, -0.1) is 0 Å². The standard InChI is InChI=1S/C20H26N4O2/c1-14-17(12-18(25)22-11-4-8-15-6-2-3-7-15)20(26)24-19(23-14)16-9-5-10-21-13-16/h5,9-10,13,15H,2-4,6-8,11-12H2,1H3,(H,22,25)(H,23,24,26). The van der Waals surface area contributed by atoms with Gasteiger partial charge in [0.05, 0.1) is 6.42 Å². The third-order valence-corrected chi connectivity index (χ3v) is 5.08. The molecule has 26 heavy (non-hydrogen) atoms. The zero-order chi connectivity index (χ0) is 18.4. The number of carbonyl (C=O) groups is 1. The maximum Gasteiger partial charge on any atom is 0.255 e. The molecule has 2 aromatic rings. The van der Waals surface area contributed by atoms with E-state index in [1.54, 1.807) is 25.4 Å². The number of aryl methyl sites for hydroxylation is 1. The molecule has 1 saturated carbocycles. The lowest BCUT2D eigenvalue weighted by molar-refractivity contribution is -0.120. The average molecular weight is 354 g/mol. The van der Waals surface area contributed by atoms with Crippen molar-refractivity contribution in [1.82, 2.24) is 20.3 Å². The van der Waals surface area contributed by atoms with Crippen molar-refractivity contribution in [3.63, 3.8) is 0 Å². The molecule has 2 aromatic heterocycles. The predicted octanol–water partition coefficient (Wildman–Crippen LogP) is 2.77. The van der Waals surface area contributed by atoms with Crippen molar-refractivity contribution >= 4 is 5.91 Å². The Labute approximate surface area is 153 Å². The Hall–Kier alpha value is -2.50. The summed E-state index contributed by atoms with van der Waals surface area (Å²) in [5.41, 5.74) is 1.48. The molecule has 0 saturated heterocycles. The summed E-state index contributed by atoms with van der Waals surface area (Å²) >= 11 is 0. The van der Waals surface area contributed by atoms with Gasteiger partial charge in [0.2, 0.25) is 5.91 Å². The van der Waals surface area contributed by atoms with Crippen LogP contribution in [0.2, 0.25) is 0 Å². The quantitative estimate of drug-likeness (QED) is 0.749. The first-order valence-corrected chi connectivity index (χ1v) is 9.40. The number of nitrogens with one attached hydrogen (secondary N) is 2. The number of aromatic nitrogens is 3. The van der Waals surface area contributed by atoms with Gasteiger partial charge in [0.15, 0.2) is 0 Å². The second kappa shape index (κ2) is 8.74. The number of H-pyrrole nitrogens is 1. The van der Waals surface area contributed by atoms with Gasteiger partial charge in [-0.05, 0) is 37.8 Å². The molecular weight excluding hydrogens is 328 g/mol. The van der Waals surface area contributed by atoms with Crippen molar-refractivity contribution in [2.45, 2.75) is 51.9 Å². The number of hydrogen-bond acceptors (Lipinski definition) is 4. The first-order valence-electron chi connectivity index (χ1n) is 9.40. The molecule has 2 heterocycles. The molecule has 0 aliphatic heterocycles. The van der Waals surface area contributed by atoms with Crippen LogP contribution in [0.3, 0.4) is 0 Å². The number of hydrogen-bond donors (Lipinski definition) is 2. The maximum atomic E-state index is 12.4. The third-order valence-electron chi connectivity index (χ3n) is 5.08. The van der Waals surface area contributed by atoms with Crippen molar-refractivity contribution in [3.05, 3.63) is 46.1 Å². The van der Waals surface area contributed by atoms with Crippen LogP contribution in [0.1, 0.15) is 49.8 Å². The van der Waals surface area contributed by atoms with Crippen molar-refractivity contribution in [2.75, 3.05) is 6.54 Å². The molecule has 1 fully saturated rings. The third kappa shape index (κ3) is 4.77. The largest absolute Gasteiger partial charge is 0.356 e. The highest BCUT2D eigenvalue weighted by Crippen LogP contribution is 2.28. The molecule has 6 heteroatoms. The number of pyridine rings is 1. The number of carbonyl (C=O) groups excluding carboxylic acids is 1. The van der Waals surface area contributed by atoms with E-state index in [2.05, 4.69) is 20.3 Å². The highest BCUT2D eigenvalue weighted by atomic mass is 16.2. The van der Waals surface area contributed by atoms with Crippen LogP contribution in [-0.4, -0.2) is 27.4 Å². The Kier molecular flexibility index (Phi) is 6.15. The van der Waals surface area contributed by atoms with Crippen molar-refractivity contribution in [3.8, 4) is 11.4 Å². The molecule has 0 radical (unpaired) electrons.